The smallest absolute Gasteiger partial charge is 0.237 e. The highest BCUT2D eigenvalue weighted by atomic mass is 15.1. The number of benzene rings is 2. The van der Waals surface area contributed by atoms with Crippen molar-refractivity contribution in [3.63, 3.8) is 0 Å². The summed E-state index contributed by atoms with van der Waals surface area (Å²) in [5.74, 6) is 0. The third-order valence-electron chi connectivity index (χ3n) is 7.76. The van der Waals surface area contributed by atoms with Gasteiger partial charge in [0.15, 0.2) is 0 Å². The van der Waals surface area contributed by atoms with Crippen molar-refractivity contribution in [2.45, 2.75) is 116 Å². The fraction of sp³-hybridized carbons (Fsp3) is 0.545. The largest absolute Gasteiger partial charge is 0.244 e. The molecule has 0 radical (unpaired) electrons. The molecule has 0 spiro atoms. The van der Waals surface area contributed by atoms with E-state index in [9.17, 15) is 0 Å². The first-order valence-corrected chi connectivity index (χ1v) is 14.3. The number of hydrogen-bond acceptors (Lipinski definition) is 0. The van der Waals surface area contributed by atoms with Crippen molar-refractivity contribution in [3.8, 4) is 0 Å². The number of nitrogens with zero attached hydrogens (tertiary/aromatic N) is 2. The van der Waals surface area contributed by atoms with Crippen LogP contribution in [0.25, 0.3) is 0 Å². The Morgan fingerprint density at radius 3 is 2.03 bits per heavy atom. The molecule has 2 heteroatoms. The zero-order chi connectivity index (χ0) is 24.8. The van der Waals surface area contributed by atoms with Gasteiger partial charge in [-0.25, -0.2) is 9.13 Å². The SMILES string of the molecule is CCCCCCCCCC(n1cc[n+](CCCCC)c1)C(C)(Cc1ccccc1)c1ccccc1. The second-order valence-corrected chi connectivity index (χ2v) is 10.7. The highest BCUT2D eigenvalue weighted by molar-refractivity contribution is 5.30. The van der Waals surface area contributed by atoms with E-state index in [4.69, 9.17) is 0 Å². The van der Waals surface area contributed by atoms with Gasteiger partial charge in [-0.05, 0) is 43.2 Å². The number of unbranched alkanes of at least 4 members (excludes halogenated alkanes) is 8. The summed E-state index contributed by atoms with van der Waals surface area (Å²) in [6, 6.07) is 22.8. The van der Waals surface area contributed by atoms with E-state index in [1.54, 1.807) is 0 Å². The Hall–Kier alpha value is -2.35. The molecule has 0 aliphatic heterocycles. The van der Waals surface area contributed by atoms with Crippen molar-refractivity contribution >= 4 is 0 Å². The topological polar surface area (TPSA) is 8.81 Å². The molecule has 35 heavy (non-hydrogen) atoms. The van der Waals surface area contributed by atoms with E-state index < -0.39 is 0 Å². The Balaban J connectivity index is 1.85. The van der Waals surface area contributed by atoms with Gasteiger partial charge in [0.05, 0.1) is 6.54 Å². The van der Waals surface area contributed by atoms with Crippen LogP contribution in [0.3, 0.4) is 0 Å². The van der Waals surface area contributed by atoms with Gasteiger partial charge in [-0.1, -0.05) is 126 Å². The Morgan fingerprint density at radius 1 is 0.743 bits per heavy atom. The second kappa shape index (κ2) is 14.9. The molecule has 1 heterocycles. The lowest BCUT2D eigenvalue weighted by atomic mass is 9.70. The van der Waals surface area contributed by atoms with Crippen molar-refractivity contribution in [2.24, 2.45) is 0 Å². The zero-order valence-electron chi connectivity index (χ0n) is 22.7. The first kappa shape index (κ1) is 27.2. The fourth-order valence-electron chi connectivity index (χ4n) is 5.61. The molecule has 190 valence electrons. The van der Waals surface area contributed by atoms with Gasteiger partial charge in [-0.2, -0.15) is 0 Å². The van der Waals surface area contributed by atoms with E-state index in [1.165, 1.54) is 81.8 Å². The van der Waals surface area contributed by atoms with Crippen LogP contribution in [0.5, 0.6) is 0 Å². The van der Waals surface area contributed by atoms with Crippen LogP contribution in [0.2, 0.25) is 0 Å². The molecule has 0 bridgehead atoms. The monoisotopic (exact) mass is 473 g/mol. The molecular weight excluding hydrogens is 424 g/mol. The van der Waals surface area contributed by atoms with Gasteiger partial charge in [0.25, 0.3) is 0 Å². The Kier molecular flexibility index (Phi) is 11.6. The van der Waals surface area contributed by atoms with Crippen LogP contribution < -0.4 is 4.57 Å². The lowest BCUT2D eigenvalue weighted by Crippen LogP contribution is -2.38. The first-order valence-electron chi connectivity index (χ1n) is 14.3. The molecule has 2 nitrogen and oxygen atoms in total. The summed E-state index contributed by atoms with van der Waals surface area (Å²) in [5.41, 5.74) is 2.89. The maximum atomic E-state index is 2.54. The number of hydrogen-bond donors (Lipinski definition) is 0. The van der Waals surface area contributed by atoms with Gasteiger partial charge in [-0.3, -0.25) is 0 Å². The maximum absolute atomic E-state index is 2.54. The van der Waals surface area contributed by atoms with Crippen molar-refractivity contribution in [1.82, 2.24) is 4.57 Å². The van der Waals surface area contributed by atoms with E-state index in [0.717, 1.165) is 13.0 Å². The van der Waals surface area contributed by atoms with Crippen LogP contribution in [0.4, 0.5) is 0 Å². The predicted octanol–water partition coefficient (Wildman–Crippen LogP) is 8.85. The highest BCUT2D eigenvalue weighted by Gasteiger charge is 2.40. The molecule has 0 amide bonds. The molecule has 0 saturated heterocycles. The summed E-state index contributed by atoms with van der Waals surface area (Å²) in [6.45, 7) is 8.20. The number of aromatic nitrogens is 2. The molecule has 2 unspecified atom stereocenters. The van der Waals surface area contributed by atoms with Gasteiger partial charge >= 0.3 is 0 Å². The lowest BCUT2D eigenvalue weighted by Gasteiger charge is -2.37. The van der Waals surface area contributed by atoms with E-state index in [0.29, 0.717) is 6.04 Å². The molecular formula is C33H49N2+. The minimum Gasteiger partial charge on any atom is -0.237 e. The molecule has 3 aromatic rings. The molecule has 0 saturated carbocycles. The summed E-state index contributed by atoms with van der Waals surface area (Å²) in [5, 5.41) is 0. The van der Waals surface area contributed by atoms with Crippen LogP contribution in [0.15, 0.2) is 79.4 Å². The summed E-state index contributed by atoms with van der Waals surface area (Å²) in [4.78, 5) is 0. The van der Waals surface area contributed by atoms with Crippen LogP contribution in [-0.2, 0) is 18.4 Å². The molecule has 0 fully saturated rings. The van der Waals surface area contributed by atoms with Crippen LogP contribution in [0.1, 0.15) is 109 Å². The van der Waals surface area contributed by atoms with E-state index in [1.807, 2.05) is 0 Å². The Morgan fingerprint density at radius 2 is 1.34 bits per heavy atom. The average Bonchev–Trinajstić information content (AvgIpc) is 3.35. The quantitative estimate of drug-likeness (QED) is 0.137. The molecule has 3 rings (SSSR count). The highest BCUT2D eigenvalue weighted by Crippen LogP contribution is 2.41. The maximum Gasteiger partial charge on any atom is 0.244 e. The van der Waals surface area contributed by atoms with E-state index in [2.05, 4.69) is 109 Å². The van der Waals surface area contributed by atoms with Gasteiger partial charge in [0.2, 0.25) is 6.33 Å². The van der Waals surface area contributed by atoms with Gasteiger partial charge < -0.3 is 0 Å². The third kappa shape index (κ3) is 8.37. The first-order chi connectivity index (χ1) is 17.2. The minimum absolute atomic E-state index is 0.0189. The second-order valence-electron chi connectivity index (χ2n) is 10.7. The number of aryl methyl sites for hydroxylation is 1. The van der Waals surface area contributed by atoms with Crippen molar-refractivity contribution in [3.05, 3.63) is 90.5 Å². The number of rotatable bonds is 17. The van der Waals surface area contributed by atoms with Crippen molar-refractivity contribution in [2.75, 3.05) is 0 Å². The van der Waals surface area contributed by atoms with E-state index >= 15 is 0 Å². The Labute approximate surface area is 215 Å². The standard InChI is InChI=1S/C33H49N2/c1-4-6-8-9-10-11-18-24-32(35-27-26-34(29-35)25-19-7-5-2)33(3,31-22-16-13-17-23-31)28-30-20-14-12-15-21-30/h12-17,20-23,26-27,29,32H,4-11,18-19,24-25,28H2,1-3H3/q+1. The van der Waals surface area contributed by atoms with Crippen molar-refractivity contribution in [1.29, 1.82) is 0 Å². The van der Waals surface area contributed by atoms with Gasteiger partial charge in [-0.15, -0.1) is 0 Å². The molecule has 0 N–H and O–H groups in total. The Bertz CT molecular complexity index is 930. The molecule has 1 aromatic heterocycles. The molecule has 2 aromatic carbocycles. The summed E-state index contributed by atoms with van der Waals surface area (Å²) in [7, 11) is 0. The average molecular weight is 474 g/mol. The summed E-state index contributed by atoms with van der Waals surface area (Å²) < 4.78 is 4.94. The molecule has 0 aliphatic rings. The minimum atomic E-state index is 0.0189. The summed E-state index contributed by atoms with van der Waals surface area (Å²) in [6.07, 6.45) is 22.6. The third-order valence-corrected chi connectivity index (χ3v) is 7.76. The van der Waals surface area contributed by atoms with Crippen LogP contribution in [0, 0.1) is 0 Å². The molecule has 2 atom stereocenters. The normalized spacial score (nSPS) is 14.0. The summed E-state index contributed by atoms with van der Waals surface area (Å²) >= 11 is 0. The van der Waals surface area contributed by atoms with Crippen LogP contribution in [-0.4, -0.2) is 4.57 Å². The van der Waals surface area contributed by atoms with Gasteiger partial charge in [0, 0.05) is 5.41 Å². The molecule has 0 aliphatic carbocycles. The zero-order valence-corrected chi connectivity index (χ0v) is 22.7. The fourth-order valence-corrected chi connectivity index (χ4v) is 5.61. The van der Waals surface area contributed by atoms with Gasteiger partial charge in [0.1, 0.15) is 18.4 Å². The van der Waals surface area contributed by atoms with Crippen molar-refractivity contribution < 1.29 is 4.57 Å². The van der Waals surface area contributed by atoms with E-state index in [-0.39, 0.29) is 5.41 Å². The lowest BCUT2D eigenvalue weighted by molar-refractivity contribution is -0.697. The van der Waals surface area contributed by atoms with Crippen LogP contribution >= 0.6 is 0 Å². The predicted molar refractivity (Wildman–Crippen MR) is 150 cm³/mol. The number of imidazole rings is 1.